The summed E-state index contributed by atoms with van der Waals surface area (Å²) in [6, 6.07) is 8.18. The Balaban J connectivity index is 1.07. The predicted octanol–water partition coefficient (Wildman–Crippen LogP) is 2.40. The van der Waals surface area contributed by atoms with Crippen molar-refractivity contribution in [1.29, 1.82) is 0 Å². The van der Waals surface area contributed by atoms with Gasteiger partial charge in [0.25, 0.3) is 23.6 Å². The van der Waals surface area contributed by atoms with Crippen LogP contribution in [0.2, 0.25) is 0 Å². The van der Waals surface area contributed by atoms with Gasteiger partial charge in [-0.2, -0.15) is 10.2 Å². The van der Waals surface area contributed by atoms with Crippen LogP contribution < -0.4 is 36.9 Å². The Bertz CT molecular complexity index is 3560. The van der Waals surface area contributed by atoms with Crippen LogP contribution in [0.1, 0.15) is 85.5 Å². The lowest BCUT2D eigenvalue weighted by Crippen LogP contribution is -2.49. The number of methoxy groups -OCH3 is 1. The van der Waals surface area contributed by atoms with Gasteiger partial charge in [0.15, 0.2) is 0 Å². The molecule has 0 aliphatic carbocycles. The van der Waals surface area contributed by atoms with E-state index in [0.29, 0.717) is 52.4 Å². The highest BCUT2D eigenvalue weighted by Gasteiger charge is 2.29. The summed E-state index contributed by atoms with van der Waals surface area (Å²) in [5.41, 5.74) is 15.5. The first kappa shape index (κ1) is 55.3. The molecule has 27 heteroatoms. The second kappa shape index (κ2) is 23.9. The standard InChI is InChI=1S/C52H59N17O10/c1-7-68-37(20-29(3)62-68)48(75)60-51-58-34-22-31(46(53)73)24-39(78-6)44(34)66(51)16-9-10-17-67-45-35(59-52(67)61-49(76)38-21-30(4)63-69(38)8-2)23-32(47(54)74)25-40(45)79-19-11-15-64(5)50(77)36(26-33-27-55-28-56-33)57-41(70)14-18-65-42(71)12-13-43(65)72/h9-10,12-13,20-25,27-28,36H,7-8,11,14-19,26H2,1-6H3,(H2,53,73)(H2,54,74)(H,55,56)(H,57,70)(H,58,60,75)(H,59,61,76)/b10-9+. The van der Waals surface area contributed by atoms with Gasteiger partial charge < -0.3 is 45.3 Å². The number of primary amides is 2. The van der Waals surface area contributed by atoms with Crippen LogP contribution in [0.3, 0.4) is 0 Å². The Morgan fingerprint density at radius 3 is 1.80 bits per heavy atom. The number of nitrogens with two attached hydrogens (primary N) is 2. The van der Waals surface area contributed by atoms with Gasteiger partial charge in [0.05, 0.1) is 42.5 Å². The Labute approximate surface area is 451 Å². The zero-order valence-electron chi connectivity index (χ0n) is 44.2. The maximum Gasteiger partial charge on any atom is 0.276 e. The fourth-order valence-corrected chi connectivity index (χ4v) is 8.99. The van der Waals surface area contributed by atoms with Gasteiger partial charge in [-0.05, 0) is 70.5 Å². The molecule has 8 rings (SSSR count). The highest BCUT2D eigenvalue weighted by atomic mass is 16.5. The van der Waals surface area contributed by atoms with Gasteiger partial charge in [-0.1, -0.05) is 12.2 Å². The molecule has 0 saturated heterocycles. The highest BCUT2D eigenvalue weighted by Crippen LogP contribution is 2.33. The van der Waals surface area contributed by atoms with Crippen LogP contribution in [0.25, 0.3) is 22.1 Å². The molecule has 1 unspecified atom stereocenters. The number of anilines is 2. The summed E-state index contributed by atoms with van der Waals surface area (Å²) in [4.78, 5) is 123. The van der Waals surface area contributed by atoms with Gasteiger partial charge in [-0.25, -0.2) is 15.0 Å². The van der Waals surface area contributed by atoms with Crippen molar-refractivity contribution < 1.29 is 47.8 Å². The monoisotopic (exact) mass is 1080 g/mol. The number of imide groups is 1. The third-order valence-corrected chi connectivity index (χ3v) is 12.8. The molecule has 0 spiro atoms. The molecule has 0 radical (unpaired) electrons. The van der Waals surface area contributed by atoms with E-state index in [0.717, 1.165) is 17.1 Å². The smallest absolute Gasteiger partial charge is 0.276 e. The van der Waals surface area contributed by atoms with Crippen molar-refractivity contribution in [3.63, 3.8) is 0 Å². The van der Waals surface area contributed by atoms with Crippen LogP contribution in [0.5, 0.6) is 11.5 Å². The number of fused-ring (bicyclic) bond motifs is 2. The first-order valence-electron chi connectivity index (χ1n) is 25.1. The van der Waals surface area contributed by atoms with Gasteiger partial charge in [0.2, 0.25) is 35.5 Å². The van der Waals surface area contributed by atoms with Crippen molar-refractivity contribution in [3.05, 3.63) is 113 Å². The minimum atomic E-state index is -1.04. The molecule has 0 fully saturated rings. The van der Waals surface area contributed by atoms with Gasteiger partial charge in [0.1, 0.15) is 40.0 Å². The molecule has 79 heavy (non-hydrogen) atoms. The molecular weight excluding hydrogens is 1020 g/mol. The number of aromatic amines is 1. The molecule has 412 valence electrons. The highest BCUT2D eigenvalue weighted by molar-refractivity contribution is 6.13. The molecular formula is C52H59N17O10. The molecule has 7 aromatic rings. The average Bonchev–Trinajstić information content (AvgIpc) is 4.51. The van der Waals surface area contributed by atoms with E-state index < -0.39 is 53.3 Å². The number of hydrogen-bond acceptors (Lipinski definition) is 15. The number of aromatic nitrogens is 10. The van der Waals surface area contributed by atoms with Crippen LogP contribution >= 0.6 is 0 Å². The number of likely N-dealkylation sites (N-methyl/N-ethyl adjacent to an activating group) is 1. The van der Waals surface area contributed by atoms with E-state index in [4.69, 9.17) is 30.9 Å². The Morgan fingerprint density at radius 1 is 0.772 bits per heavy atom. The summed E-state index contributed by atoms with van der Waals surface area (Å²) in [7, 11) is 3.00. The third kappa shape index (κ3) is 12.3. The maximum atomic E-state index is 14.0. The number of aryl methyl sites for hydroxylation is 4. The number of imidazole rings is 3. The number of hydrogen-bond donors (Lipinski definition) is 6. The number of carbonyl (C=O) groups excluding carboxylic acids is 8. The summed E-state index contributed by atoms with van der Waals surface area (Å²) in [6.45, 7) is 8.19. The van der Waals surface area contributed by atoms with E-state index in [2.05, 4.69) is 36.1 Å². The zero-order valence-corrected chi connectivity index (χ0v) is 44.2. The van der Waals surface area contributed by atoms with E-state index in [1.54, 1.807) is 63.7 Å². The quantitative estimate of drug-likeness (QED) is 0.0272. The summed E-state index contributed by atoms with van der Waals surface area (Å²) in [5.74, 6) is -3.89. The fraction of sp³-hybridized carbons (Fsp3) is 0.327. The normalized spacial score (nSPS) is 12.7. The molecule has 2 aromatic carbocycles. The SMILES string of the molecule is CCn1nc(C)cc1C(=O)Nc1nc2cc(C(N)=O)cc(OC)c2n1C/C=C/Cn1c(NC(=O)c2cc(C)nn2CC)nc2cc(C(N)=O)cc(OCCCN(C)C(=O)C(Cc3cnc[nH]3)NC(=O)CCN3C(=O)C=CC3=O)c21. The molecule has 1 aliphatic rings. The maximum absolute atomic E-state index is 14.0. The summed E-state index contributed by atoms with van der Waals surface area (Å²) in [5, 5.41) is 17.4. The van der Waals surface area contributed by atoms with E-state index in [1.165, 1.54) is 48.8 Å². The first-order valence-corrected chi connectivity index (χ1v) is 25.1. The second-order valence-electron chi connectivity index (χ2n) is 18.3. The molecule has 27 nitrogen and oxygen atoms in total. The number of ether oxygens (including phenoxy) is 2. The van der Waals surface area contributed by atoms with Gasteiger partial charge in [-0.15, -0.1) is 0 Å². The largest absolute Gasteiger partial charge is 0.494 e. The summed E-state index contributed by atoms with van der Waals surface area (Å²) in [6.07, 6.45) is 8.88. The van der Waals surface area contributed by atoms with E-state index >= 15 is 0 Å². The predicted molar refractivity (Wildman–Crippen MR) is 286 cm³/mol. The summed E-state index contributed by atoms with van der Waals surface area (Å²) < 4.78 is 18.6. The lowest BCUT2D eigenvalue weighted by molar-refractivity contribution is -0.138. The summed E-state index contributed by atoms with van der Waals surface area (Å²) >= 11 is 0. The molecule has 6 heterocycles. The first-order chi connectivity index (χ1) is 37.9. The number of carbonyl (C=O) groups is 8. The van der Waals surface area contributed by atoms with Crippen molar-refractivity contribution in [1.82, 2.24) is 63.7 Å². The fourth-order valence-electron chi connectivity index (χ4n) is 8.99. The number of nitrogens with one attached hydrogen (secondary N) is 4. The van der Waals surface area contributed by atoms with Crippen molar-refractivity contribution in [3.8, 4) is 11.5 Å². The van der Waals surface area contributed by atoms with Gasteiger partial charge >= 0.3 is 0 Å². The van der Waals surface area contributed by atoms with E-state index in [-0.39, 0.29) is 97.8 Å². The average molecular weight is 1080 g/mol. The van der Waals surface area contributed by atoms with Crippen molar-refractivity contribution >= 4 is 81.2 Å². The topological polar surface area (TPSA) is 350 Å². The van der Waals surface area contributed by atoms with Crippen LogP contribution in [0.15, 0.2) is 73.2 Å². The number of H-pyrrole nitrogens is 1. The minimum Gasteiger partial charge on any atom is -0.494 e. The molecule has 8 amide bonds. The Kier molecular flexibility index (Phi) is 16.8. The molecule has 0 saturated carbocycles. The van der Waals surface area contributed by atoms with Gasteiger partial charge in [0, 0.05) is 94.3 Å². The zero-order chi connectivity index (χ0) is 56.7. The van der Waals surface area contributed by atoms with E-state index in [1.807, 2.05) is 13.8 Å². The Hall–Kier alpha value is -9.95. The molecule has 0 bridgehead atoms. The number of rotatable bonds is 25. The van der Waals surface area contributed by atoms with Crippen molar-refractivity contribution in [2.24, 2.45) is 11.5 Å². The lowest BCUT2D eigenvalue weighted by Gasteiger charge is -2.25. The van der Waals surface area contributed by atoms with Gasteiger partial charge in [-0.3, -0.25) is 63.3 Å². The minimum absolute atomic E-state index is 0.00375. The lowest BCUT2D eigenvalue weighted by atomic mass is 10.1. The van der Waals surface area contributed by atoms with Crippen LogP contribution in [0.4, 0.5) is 11.9 Å². The van der Waals surface area contributed by atoms with Crippen molar-refractivity contribution in [2.75, 3.05) is 44.5 Å². The number of allylic oxidation sites excluding steroid dienone is 2. The second-order valence-corrected chi connectivity index (χ2v) is 18.3. The Morgan fingerprint density at radius 2 is 1.30 bits per heavy atom. The van der Waals surface area contributed by atoms with Crippen LogP contribution in [-0.4, -0.2) is 146 Å². The third-order valence-electron chi connectivity index (χ3n) is 12.8. The molecule has 5 aromatic heterocycles. The number of amides is 8. The molecule has 1 atom stereocenters. The van der Waals surface area contributed by atoms with Crippen LogP contribution in [-0.2, 0) is 51.8 Å². The van der Waals surface area contributed by atoms with Crippen LogP contribution in [0, 0.1) is 13.8 Å². The molecule has 8 N–H and O–H groups in total. The number of benzene rings is 2. The number of nitrogens with zero attached hydrogens (tertiary/aromatic N) is 11. The molecule has 1 aliphatic heterocycles. The van der Waals surface area contributed by atoms with E-state index in [9.17, 15) is 38.4 Å². The van der Waals surface area contributed by atoms with Crippen molar-refractivity contribution in [2.45, 2.75) is 79.2 Å².